The summed E-state index contributed by atoms with van der Waals surface area (Å²) in [5.41, 5.74) is 12.0. The van der Waals surface area contributed by atoms with Crippen LogP contribution in [0.5, 0.6) is 0 Å². The van der Waals surface area contributed by atoms with Crippen LogP contribution in [0.3, 0.4) is 0 Å². The Balaban J connectivity index is 1.59. The molecule has 0 spiro atoms. The lowest BCUT2D eigenvalue weighted by Gasteiger charge is -2.37. The molecule has 2 aliphatic rings. The molecule has 0 unspecified atom stereocenters. The van der Waals surface area contributed by atoms with Crippen molar-refractivity contribution in [3.05, 3.63) is 0 Å². The van der Waals surface area contributed by atoms with Crippen LogP contribution < -0.4 is 21.5 Å². The molecule has 140 valence electrons. The number of piperidine rings is 1. The van der Waals surface area contributed by atoms with Gasteiger partial charge in [0.05, 0.1) is 0 Å². The quantitative estimate of drug-likeness (QED) is 0.721. The van der Waals surface area contributed by atoms with Crippen molar-refractivity contribution >= 4 is 17.8 Å². The number of anilines is 3. The van der Waals surface area contributed by atoms with Crippen molar-refractivity contribution < 1.29 is 0 Å². The number of nitrogen functional groups attached to an aromatic ring is 1. The van der Waals surface area contributed by atoms with Crippen LogP contribution in [0, 0.1) is 11.8 Å². The minimum atomic E-state index is -0.0834. The number of nitrogens with one attached hydrogen (secondary N) is 2. The van der Waals surface area contributed by atoms with Gasteiger partial charge in [-0.15, -0.1) is 0 Å². The highest BCUT2D eigenvalue weighted by atomic mass is 15.5. The molecule has 4 N–H and O–H groups in total. The number of hydrazine groups is 1. The van der Waals surface area contributed by atoms with E-state index in [-0.39, 0.29) is 11.5 Å². The van der Waals surface area contributed by atoms with Gasteiger partial charge < -0.3 is 10.6 Å². The van der Waals surface area contributed by atoms with Crippen molar-refractivity contribution in [1.82, 2.24) is 20.4 Å². The normalized spacial score (nSPS) is 20.7. The van der Waals surface area contributed by atoms with Gasteiger partial charge in [0.25, 0.3) is 0 Å². The molecule has 0 amide bonds. The van der Waals surface area contributed by atoms with E-state index in [1.165, 1.54) is 44.9 Å². The average Bonchev–Trinajstić information content (AvgIpc) is 2.60. The molecule has 1 saturated carbocycles. The summed E-state index contributed by atoms with van der Waals surface area (Å²) >= 11 is 0. The Morgan fingerprint density at radius 3 is 2.20 bits per heavy atom. The number of nitrogens with zero attached hydrogens (tertiary/aromatic N) is 4. The SMILES string of the molecule is CC(C)(C)NNc1nc(N)nc(N2CCC(C3CCCCC3)CC2)n1. The van der Waals surface area contributed by atoms with E-state index in [1.54, 1.807) is 0 Å². The molecule has 3 rings (SSSR count). The van der Waals surface area contributed by atoms with E-state index in [0.717, 1.165) is 24.9 Å². The summed E-state index contributed by atoms with van der Waals surface area (Å²) in [7, 11) is 0. The second-order valence-electron chi connectivity index (χ2n) is 8.54. The van der Waals surface area contributed by atoms with Crippen molar-refractivity contribution in [3.8, 4) is 0 Å². The fourth-order valence-electron chi connectivity index (χ4n) is 4.00. The fraction of sp³-hybridized carbons (Fsp3) is 0.833. The zero-order chi connectivity index (χ0) is 17.9. The Morgan fingerprint density at radius 1 is 0.920 bits per heavy atom. The summed E-state index contributed by atoms with van der Waals surface area (Å²) in [6.45, 7) is 8.23. The van der Waals surface area contributed by atoms with Crippen LogP contribution in [0.2, 0.25) is 0 Å². The van der Waals surface area contributed by atoms with Crippen molar-refractivity contribution in [3.63, 3.8) is 0 Å². The maximum absolute atomic E-state index is 5.89. The van der Waals surface area contributed by atoms with Gasteiger partial charge in [0, 0.05) is 18.6 Å². The monoisotopic (exact) mass is 347 g/mol. The molecular weight excluding hydrogens is 314 g/mol. The molecule has 1 aromatic rings. The highest BCUT2D eigenvalue weighted by Gasteiger charge is 2.28. The van der Waals surface area contributed by atoms with Gasteiger partial charge in [-0.2, -0.15) is 15.0 Å². The molecule has 0 atom stereocenters. The van der Waals surface area contributed by atoms with Crippen molar-refractivity contribution in [2.45, 2.75) is 71.3 Å². The lowest BCUT2D eigenvalue weighted by molar-refractivity contribution is 0.212. The minimum Gasteiger partial charge on any atom is -0.368 e. The van der Waals surface area contributed by atoms with Crippen LogP contribution in [0.1, 0.15) is 65.7 Å². The van der Waals surface area contributed by atoms with E-state index in [1.807, 2.05) is 0 Å². The summed E-state index contributed by atoms with van der Waals surface area (Å²) in [5.74, 6) is 3.24. The van der Waals surface area contributed by atoms with Gasteiger partial charge >= 0.3 is 0 Å². The average molecular weight is 348 g/mol. The first-order valence-electron chi connectivity index (χ1n) is 9.70. The summed E-state index contributed by atoms with van der Waals surface area (Å²) in [5, 5.41) is 0. The second-order valence-corrected chi connectivity index (χ2v) is 8.54. The van der Waals surface area contributed by atoms with E-state index in [2.05, 4.69) is 51.5 Å². The minimum absolute atomic E-state index is 0.0834. The summed E-state index contributed by atoms with van der Waals surface area (Å²) < 4.78 is 0. The first-order chi connectivity index (χ1) is 11.9. The molecule has 25 heavy (non-hydrogen) atoms. The van der Waals surface area contributed by atoms with Crippen LogP contribution in [0.15, 0.2) is 0 Å². The van der Waals surface area contributed by atoms with Crippen LogP contribution in [-0.2, 0) is 0 Å². The van der Waals surface area contributed by atoms with Gasteiger partial charge in [-0.3, -0.25) is 5.43 Å². The lowest BCUT2D eigenvalue weighted by atomic mass is 9.76. The maximum atomic E-state index is 5.89. The molecule has 1 saturated heterocycles. The van der Waals surface area contributed by atoms with Gasteiger partial charge in [0.15, 0.2) is 0 Å². The Labute approximate surface area is 151 Å². The molecule has 1 aromatic heterocycles. The number of hydrogen-bond donors (Lipinski definition) is 3. The van der Waals surface area contributed by atoms with Gasteiger partial charge in [-0.1, -0.05) is 32.1 Å². The van der Waals surface area contributed by atoms with Crippen LogP contribution >= 0.6 is 0 Å². The Bertz CT molecular complexity index is 555. The molecule has 0 bridgehead atoms. The number of nitrogens with two attached hydrogens (primary N) is 1. The van der Waals surface area contributed by atoms with Crippen molar-refractivity contribution in [1.29, 1.82) is 0 Å². The molecule has 0 radical (unpaired) electrons. The van der Waals surface area contributed by atoms with Crippen molar-refractivity contribution in [2.75, 3.05) is 29.1 Å². The highest BCUT2D eigenvalue weighted by Crippen LogP contribution is 2.36. The Hall–Kier alpha value is -1.63. The predicted molar refractivity (Wildman–Crippen MR) is 102 cm³/mol. The van der Waals surface area contributed by atoms with Gasteiger partial charge in [0.2, 0.25) is 17.8 Å². The standard InChI is InChI=1S/C18H33N7/c1-18(2,3)24-23-16-20-15(19)21-17(22-16)25-11-9-14(10-12-25)13-7-5-4-6-8-13/h13-14,24H,4-12H2,1-3H3,(H3,19,20,21,22,23). The molecule has 1 aliphatic heterocycles. The molecule has 0 aromatic carbocycles. The third kappa shape index (κ3) is 5.17. The Morgan fingerprint density at radius 2 is 1.56 bits per heavy atom. The number of hydrogen-bond acceptors (Lipinski definition) is 7. The van der Waals surface area contributed by atoms with Crippen LogP contribution in [0.25, 0.3) is 0 Å². The zero-order valence-corrected chi connectivity index (χ0v) is 15.9. The predicted octanol–water partition coefficient (Wildman–Crippen LogP) is 2.97. The molecule has 1 aliphatic carbocycles. The van der Waals surface area contributed by atoms with Crippen LogP contribution in [0.4, 0.5) is 17.8 Å². The van der Waals surface area contributed by atoms with E-state index in [9.17, 15) is 0 Å². The van der Waals surface area contributed by atoms with Crippen molar-refractivity contribution in [2.24, 2.45) is 11.8 Å². The molecule has 2 fully saturated rings. The Kier molecular flexibility index (Phi) is 5.61. The van der Waals surface area contributed by atoms with Gasteiger partial charge in [-0.05, 0) is 45.4 Å². The fourth-order valence-corrected chi connectivity index (χ4v) is 4.00. The molecule has 2 heterocycles. The first-order valence-corrected chi connectivity index (χ1v) is 9.70. The molecule has 7 heteroatoms. The largest absolute Gasteiger partial charge is 0.368 e. The molecule has 7 nitrogen and oxygen atoms in total. The zero-order valence-electron chi connectivity index (χ0n) is 15.9. The number of aromatic nitrogens is 3. The topological polar surface area (TPSA) is 92.0 Å². The third-order valence-electron chi connectivity index (χ3n) is 5.33. The summed E-state index contributed by atoms with van der Waals surface area (Å²) in [6, 6.07) is 0. The molecular formula is C18H33N7. The second kappa shape index (κ2) is 7.72. The van der Waals surface area contributed by atoms with E-state index < -0.39 is 0 Å². The highest BCUT2D eigenvalue weighted by molar-refractivity contribution is 5.41. The smallest absolute Gasteiger partial charge is 0.243 e. The third-order valence-corrected chi connectivity index (χ3v) is 5.33. The van der Waals surface area contributed by atoms with E-state index >= 15 is 0 Å². The van der Waals surface area contributed by atoms with Gasteiger partial charge in [0.1, 0.15) is 0 Å². The van der Waals surface area contributed by atoms with Crippen LogP contribution in [-0.4, -0.2) is 33.6 Å². The lowest BCUT2D eigenvalue weighted by Crippen LogP contribution is -2.41. The first kappa shape index (κ1) is 18.2. The number of rotatable bonds is 4. The van der Waals surface area contributed by atoms with Gasteiger partial charge in [-0.25, -0.2) is 5.43 Å². The maximum Gasteiger partial charge on any atom is 0.243 e. The summed E-state index contributed by atoms with van der Waals surface area (Å²) in [6.07, 6.45) is 9.59. The van der Waals surface area contributed by atoms with E-state index in [0.29, 0.717) is 11.9 Å². The summed E-state index contributed by atoms with van der Waals surface area (Å²) in [4.78, 5) is 15.3. The van der Waals surface area contributed by atoms with E-state index in [4.69, 9.17) is 5.73 Å².